The number of rotatable bonds is 5. The van der Waals surface area contributed by atoms with Crippen molar-refractivity contribution in [1.82, 2.24) is 4.98 Å². The van der Waals surface area contributed by atoms with Crippen LogP contribution in [0.25, 0.3) is 0 Å². The lowest BCUT2D eigenvalue weighted by molar-refractivity contribution is 0.102. The van der Waals surface area contributed by atoms with Crippen molar-refractivity contribution in [2.75, 3.05) is 17.7 Å². The van der Waals surface area contributed by atoms with Crippen molar-refractivity contribution < 1.29 is 9.53 Å². The van der Waals surface area contributed by atoms with Gasteiger partial charge in [-0.3, -0.25) is 9.78 Å². The molecule has 0 fully saturated rings. The summed E-state index contributed by atoms with van der Waals surface area (Å²) in [6.45, 7) is 0. The minimum Gasteiger partial charge on any atom is -0.497 e. The van der Waals surface area contributed by atoms with Crippen molar-refractivity contribution in [2.24, 2.45) is 0 Å². The number of nitrogens with one attached hydrogen (secondary N) is 2. The quantitative estimate of drug-likeness (QED) is 0.731. The summed E-state index contributed by atoms with van der Waals surface area (Å²) in [5.41, 5.74) is 3.03. The maximum absolute atomic E-state index is 12.4. The first-order valence-corrected chi connectivity index (χ1v) is 7.86. The third-order valence-electron chi connectivity index (χ3n) is 3.62. The molecule has 1 aromatic heterocycles. The molecule has 26 heavy (non-hydrogen) atoms. The standard InChI is InChI=1S/C20H16N4O2/c1-26-18-4-2-3-16(11-18)24-20(25)19-12-17(9-10-22-19)23-15-7-5-14(13-21)6-8-15/h2-12H,1H3,(H,22,23)(H,24,25). The van der Waals surface area contributed by atoms with E-state index >= 15 is 0 Å². The second kappa shape index (κ2) is 7.81. The number of hydrogen-bond donors (Lipinski definition) is 2. The molecular weight excluding hydrogens is 328 g/mol. The van der Waals surface area contributed by atoms with Crippen molar-refractivity contribution in [1.29, 1.82) is 5.26 Å². The molecule has 2 aromatic carbocycles. The zero-order valence-corrected chi connectivity index (χ0v) is 14.1. The number of nitrogens with zero attached hydrogens (tertiary/aromatic N) is 2. The molecule has 0 aliphatic carbocycles. The number of amides is 1. The van der Waals surface area contributed by atoms with Crippen LogP contribution in [0.1, 0.15) is 16.1 Å². The van der Waals surface area contributed by atoms with Crippen LogP contribution in [0.2, 0.25) is 0 Å². The Morgan fingerprint density at radius 2 is 1.85 bits per heavy atom. The van der Waals surface area contributed by atoms with Gasteiger partial charge in [-0.1, -0.05) is 6.07 Å². The second-order valence-corrected chi connectivity index (χ2v) is 5.43. The topological polar surface area (TPSA) is 87.0 Å². The average molecular weight is 344 g/mol. The largest absolute Gasteiger partial charge is 0.497 e. The first-order chi connectivity index (χ1) is 12.7. The third kappa shape index (κ3) is 4.16. The minimum absolute atomic E-state index is 0.284. The number of methoxy groups -OCH3 is 1. The van der Waals surface area contributed by atoms with E-state index < -0.39 is 0 Å². The zero-order valence-electron chi connectivity index (χ0n) is 14.1. The Bertz CT molecular complexity index is 962. The van der Waals surface area contributed by atoms with Gasteiger partial charge in [0, 0.05) is 29.3 Å². The fraction of sp³-hybridized carbons (Fsp3) is 0.0500. The lowest BCUT2D eigenvalue weighted by Crippen LogP contribution is -2.13. The maximum atomic E-state index is 12.4. The summed E-state index contributed by atoms with van der Waals surface area (Å²) < 4.78 is 5.15. The van der Waals surface area contributed by atoms with Crippen molar-refractivity contribution in [2.45, 2.75) is 0 Å². The molecule has 3 aromatic rings. The van der Waals surface area contributed by atoms with Crippen LogP contribution in [0.3, 0.4) is 0 Å². The van der Waals surface area contributed by atoms with Gasteiger partial charge in [0.1, 0.15) is 11.4 Å². The molecule has 0 saturated heterocycles. The Labute approximate surface area is 151 Å². The number of ether oxygens (including phenoxy) is 1. The summed E-state index contributed by atoms with van der Waals surface area (Å²) in [4.78, 5) is 16.5. The molecule has 3 rings (SSSR count). The van der Waals surface area contributed by atoms with E-state index in [0.717, 1.165) is 11.4 Å². The van der Waals surface area contributed by atoms with Gasteiger partial charge in [0.2, 0.25) is 0 Å². The molecular formula is C20H16N4O2. The SMILES string of the molecule is COc1cccc(NC(=O)c2cc(Nc3ccc(C#N)cc3)ccn2)c1. The summed E-state index contributed by atoms with van der Waals surface area (Å²) in [7, 11) is 1.57. The lowest BCUT2D eigenvalue weighted by Gasteiger charge is -2.09. The summed E-state index contributed by atoms with van der Waals surface area (Å²) in [5.74, 6) is 0.341. The molecule has 0 saturated carbocycles. The van der Waals surface area contributed by atoms with Gasteiger partial charge in [-0.15, -0.1) is 0 Å². The molecule has 1 heterocycles. The first-order valence-electron chi connectivity index (χ1n) is 7.86. The van der Waals surface area contributed by atoms with Gasteiger partial charge in [0.15, 0.2) is 0 Å². The minimum atomic E-state index is -0.318. The summed E-state index contributed by atoms with van der Waals surface area (Å²) in [6.07, 6.45) is 1.56. The highest BCUT2D eigenvalue weighted by Crippen LogP contribution is 2.19. The second-order valence-electron chi connectivity index (χ2n) is 5.43. The molecule has 0 atom stereocenters. The van der Waals surface area contributed by atoms with E-state index in [9.17, 15) is 4.79 Å². The van der Waals surface area contributed by atoms with Gasteiger partial charge in [0.25, 0.3) is 5.91 Å². The summed E-state index contributed by atoms with van der Waals surface area (Å²) >= 11 is 0. The van der Waals surface area contributed by atoms with E-state index in [2.05, 4.69) is 21.7 Å². The molecule has 0 radical (unpaired) electrons. The number of benzene rings is 2. The molecule has 128 valence electrons. The van der Waals surface area contributed by atoms with Crippen LogP contribution in [-0.4, -0.2) is 18.0 Å². The fourth-order valence-electron chi connectivity index (χ4n) is 2.32. The Morgan fingerprint density at radius 3 is 2.58 bits per heavy atom. The van der Waals surface area contributed by atoms with E-state index in [1.807, 2.05) is 0 Å². The highest BCUT2D eigenvalue weighted by atomic mass is 16.5. The molecule has 6 heteroatoms. The van der Waals surface area contributed by atoms with Gasteiger partial charge in [0.05, 0.1) is 18.7 Å². The number of nitriles is 1. The van der Waals surface area contributed by atoms with E-state index in [0.29, 0.717) is 17.0 Å². The van der Waals surface area contributed by atoms with Crippen LogP contribution in [0.5, 0.6) is 5.75 Å². The smallest absolute Gasteiger partial charge is 0.274 e. The molecule has 0 aliphatic rings. The number of carbonyl (C=O) groups is 1. The average Bonchev–Trinajstić information content (AvgIpc) is 2.69. The molecule has 1 amide bonds. The van der Waals surface area contributed by atoms with Gasteiger partial charge in [-0.25, -0.2) is 0 Å². The van der Waals surface area contributed by atoms with Crippen LogP contribution in [0.15, 0.2) is 66.9 Å². The monoisotopic (exact) mass is 344 g/mol. The van der Waals surface area contributed by atoms with E-state index in [4.69, 9.17) is 10.00 Å². The Hall–Kier alpha value is -3.85. The Kier molecular flexibility index (Phi) is 5.11. The maximum Gasteiger partial charge on any atom is 0.274 e. The van der Waals surface area contributed by atoms with Crippen LogP contribution >= 0.6 is 0 Å². The fourth-order valence-corrected chi connectivity index (χ4v) is 2.32. The Morgan fingerprint density at radius 1 is 1.04 bits per heavy atom. The van der Waals surface area contributed by atoms with E-state index in [1.165, 1.54) is 0 Å². The highest BCUT2D eigenvalue weighted by Gasteiger charge is 2.09. The molecule has 0 unspecified atom stereocenters. The van der Waals surface area contributed by atoms with Crippen molar-refractivity contribution in [3.8, 4) is 11.8 Å². The third-order valence-corrected chi connectivity index (χ3v) is 3.62. The van der Waals surface area contributed by atoms with Crippen LogP contribution < -0.4 is 15.4 Å². The van der Waals surface area contributed by atoms with Crippen LogP contribution in [0.4, 0.5) is 17.1 Å². The summed E-state index contributed by atoms with van der Waals surface area (Å²) in [6, 6.07) is 19.7. The van der Waals surface area contributed by atoms with Crippen LogP contribution in [-0.2, 0) is 0 Å². The normalized spacial score (nSPS) is 9.85. The molecule has 0 bridgehead atoms. The Balaban J connectivity index is 1.73. The van der Waals surface area contributed by atoms with Gasteiger partial charge < -0.3 is 15.4 Å². The van der Waals surface area contributed by atoms with Crippen molar-refractivity contribution in [3.05, 3.63) is 78.1 Å². The van der Waals surface area contributed by atoms with Gasteiger partial charge in [-0.05, 0) is 48.5 Å². The van der Waals surface area contributed by atoms with Gasteiger partial charge in [-0.2, -0.15) is 5.26 Å². The van der Waals surface area contributed by atoms with Crippen molar-refractivity contribution >= 4 is 23.0 Å². The molecule has 0 aliphatic heterocycles. The van der Waals surface area contributed by atoms with Crippen molar-refractivity contribution in [3.63, 3.8) is 0 Å². The highest BCUT2D eigenvalue weighted by molar-refractivity contribution is 6.03. The lowest BCUT2D eigenvalue weighted by atomic mass is 10.2. The molecule has 6 nitrogen and oxygen atoms in total. The van der Waals surface area contributed by atoms with Gasteiger partial charge >= 0.3 is 0 Å². The molecule has 0 spiro atoms. The van der Waals surface area contributed by atoms with E-state index in [1.54, 1.807) is 74.0 Å². The number of aromatic nitrogens is 1. The number of anilines is 3. The predicted octanol–water partition coefficient (Wildman–Crippen LogP) is 3.96. The zero-order chi connectivity index (χ0) is 18.4. The first kappa shape index (κ1) is 17.0. The number of carbonyl (C=O) groups excluding carboxylic acids is 1. The van der Waals surface area contributed by atoms with Crippen LogP contribution in [0, 0.1) is 11.3 Å². The predicted molar refractivity (Wildman–Crippen MR) is 99.6 cm³/mol. The van der Waals surface area contributed by atoms with E-state index in [-0.39, 0.29) is 11.6 Å². The molecule has 2 N–H and O–H groups in total. The number of pyridine rings is 1. The summed E-state index contributed by atoms with van der Waals surface area (Å²) in [5, 5.41) is 14.8. The number of hydrogen-bond acceptors (Lipinski definition) is 5.